The van der Waals surface area contributed by atoms with Crippen molar-refractivity contribution in [1.29, 1.82) is 0 Å². The van der Waals surface area contributed by atoms with Crippen molar-refractivity contribution in [2.75, 3.05) is 20.3 Å². The molecule has 3 aliphatic rings. The minimum absolute atomic E-state index is 0.0831. The zero-order valence-corrected chi connectivity index (χ0v) is 21.1. The summed E-state index contributed by atoms with van der Waals surface area (Å²) >= 11 is 0. The molecule has 3 fully saturated rings. The minimum atomic E-state index is -0.585. The Morgan fingerprint density at radius 2 is 1.41 bits per heavy atom. The molecule has 2 saturated carbocycles. The van der Waals surface area contributed by atoms with Crippen molar-refractivity contribution in [2.45, 2.75) is 109 Å². The van der Waals surface area contributed by atoms with Gasteiger partial charge in [-0.15, -0.1) is 0 Å². The fourth-order valence-electron chi connectivity index (χ4n) is 6.16. The number of amides is 2. The summed E-state index contributed by atoms with van der Waals surface area (Å²) in [4.78, 5) is 31.8. The predicted molar refractivity (Wildman–Crippen MR) is 133 cm³/mol. The number of piperazine rings is 1. The first kappa shape index (κ1) is 24.9. The first-order valence-electron chi connectivity index (χ1n) is 13.6. The van der Waals surface area contributed by atoms with Crippen molar-refractivity contribution in [2.24, 2.45) is 0 Å². The average molecular weight is 471 g/mol. The molecule has 2 aliphatic carbocycles. The lowest BCUT2D eigenvalue weighted by molar-refractivity contribution is -0.162. The van der Waals surface area contributed by atoms with Crippen molar-refractivity contribution in [1.82, 2.24) is 9.80 Å². The molecule has 1 aromatic carbocycles. The van der Waals surface area contributed by atoms with Gasteiger partial charge >= 0.3 is 0 Å². The maximum atomic E-state index is 14.2. The highest BCUT2D eigenvalue weighted by Crippen LogP contribution is 2.39. The van der Waals surface area contributed by atoms with Crippen molar-refractivity contribution in [3.05, 3.63) is 23.8 Å². The summed E-state index contributed by atoms with van der Waals surface area (Å²) in [6, 6.07) is 5.46. The first-order chi connectivity index (χ1) is 16.6. The van der Waals surface area contributed by atoms with Gasteiger partial charge < -0.3 is 19.3 Å². The van der Waals surface area contributed by atoms with E-state index in [1.54, 1.807) is 7.11 Å². The van der Waals surface area contributed by atoms with Gasteiger partial charge in [-0.05, 0) is 50.3 Å². The van der Waals surface area contributed by atoms with Crippen molar-refractivity contribution >= 4 is 11.8 Å². The molecule has 2 amide bonds. The van der Waals surface area contributed by atoms with Gasteiger partial charge in [0.05, 0.1) is 13.7 Å². The maximum absolute atomic E-state index is 14.2. The highest BCUT2D eigenvalue weighted by Gasteiger charge is 2.45. The molecule has 0 bridgehead atoms. The van der Waals surface area contributed by atoms with Gasteiger partial charge in [0.25, 0.3) is 5.91 Å². The van der Waals surface area contributed by atoms with Gasteiger partial charge in [0.15, 0.2) is 11.5 Å². The number of hydrogen-bond donors (Lipinski definition) is 0. The van der Waals surface area contributed by atoms with Crippen molar-refractivity contribution in [3.8, 4) is 11.5 Å². The van der Waals surface area contributed by atoms with E-state index in [2.05, 4.69) is 0 Å². The second-order valence-electron chi connectivity index (χ2n) is 10.2. The normalized spacial score (nSPS) is 23.9. The average Bonchev–Trinajstić information content (AvgIpc) is 3.10. The van der Waals surface area contributed by atoms with Gasteiger partial charge in [0, 0.05) is 12.1 Å². The third-order valence-electron chi connectivity index (χ3n) is 7.93. The summed E-state index contributed by atoms with van der Waals surface area (Å²) in [5, 5.41) is 0. The Kier molecular flexibility index (Phi) is 8.74. The third kappa shape index (κ3) is 5.52. The van der Waals surface area contributed by atoms with Crippen molar-refractivity contribution in [3.63, 3.8) is 0 Å². The van der Waals surface area contributed by atoms with E-state index in [1.165, 1.54) is 32.1 Å². The van der Waals surface area contributed by atoms with Crippen LogP contribution in [0.2, 0.25) is 0 Å². The number of rotatable bonds is 6. The Morgan fingerprint density at radius 1 is 0.824 bits per heavy atom. The molecular weight excluding hydrogens is 428 g/mol. The van der Waals surface area contributed by atoms with E-state index in [0.29, 0.717) is 18.1 Å². The largest absolute Gasteiger partial charge is 0.493 e. The number of carbonyl (C=O) groups is 2. The van der Waals surface area contributed by atoms with E-state index < -0.39 is 6.04 Å². The van der Waals surface area contributed by atoms with E-state index in [4.69, 9.17) is 9.47 Å². The third-order valence-corrected chi connectivity index (χ3v) is 7.93. The number of hydrogen-bond acceptors (Lipinski definition) is 4. The summed E-state index contributed by atoms with van der Waals surface area (Å²) < 4.78 is 11.3. The number of benzene rings is 1. The summed E-state index contributed by atoms with van der Waals surface area (Å²) in [5.41, 5.74) is 0.832. The Hall–Kier alpha value is -2.24. The molecule has 6 nitrogen and oxygen atoms in total. The highest BCUT2D eigenvalue weighted by molar-refractivity contribution is 5.96. The molecule has 0 unspecified atom stereocenters. The first-order valence-corrected chi connectivity index (χ1v) is 13.6. The van der Waals surface area contributed by atoms with Gasteiger partial charge in [-0.25, -0.2) is 0 Å². The van der Waals surface area contributed by atoms with Gasteiger partial charge in [-0.2, -0.15) is 0 Å². The Labute approximate surface area is 205 Å². The van der Waals surface area contributed by atoms with E-state index in [1.807, 2.05) is 34.9 Å². The molecule has 1 saturated heterocycles. The molecule has 34 heavy (non-hydrogen) atoms. The molecule has 6 heteroatoms. The smallest absolute Gasteiger partial charge is 0.250 e. The number of carbonyl (C=O) groups excluding carboxylic acids is 2. The minimum Gasteiger partial charge on any atom is -0.493 e. The van der Waals surface area contributed by atoms with Crippen LogP contribution >= 0.6 is 0 Å². The summed E-state index contributed by atoms with van der Waals surface area (Å²) in [5.74, 6) is 1.47. The lowest BCUT2D eigenvalue weighted by Gasteiger charge is -2.47. The number of nitrogens with zero attached hydrogens (tertiary/aromatic N) is 2. The van der Waals surface area contributed by atoms with E-state index in [0.717, 1.165) is 56.9 Å². The lowest BCUT2D eigenvalue weighted by Crippen LogP contribution is -2.60. The van der Waals surface area contributed by atoms with Crippen LogP contribution in [0.5, 0.6) is 11.5 Å². The van der Waals surface area contributed by atoms with Crippen LogP contribution in [-0.4, -0.2) is 54.0 Å². The zero-order chi connectivity index (χ0) is 23.9. The molecule has 0 spiro atoms. The molecule has 0 radical (unpaired) electrons. The molecule has 0 N–H and O–H groups in total. The van der Waals surface area contributed by atoms with Crippen LogP contribution in [0.15, 0.2) is 18.2 Å². The molecule has 188 valence electrons. The summed E-state index contributed by atoms with van der Waals surface area (Å²) in [6.07, 6.45) is 14.6. The Bertz CT molecular complexity index is 826. The Morgan fingerprint density at radius 3 is 2.00 bits per heavy atom. The topological polar surface area (TPSA) is 59.1 Å². The molecule has 1 aromatic rings. The molecule has 0 aromatic heterocycles. The highest BCUT2D eigenvalue weighted by atomic mass is 16.5. The van der Waals surface area contributed by atoms with E-state index >= 15 is 0 Å². The molecular formula is C28H42N2O4. The molecule has 1 aliphatic heterocycles. The monoisotopic (exact) mass is 470 g/mol. The molecule has 1 atom stereocenters. The van der Waals surface area contributed by atoms with Gasteiger partial charge in [-0.3, -0.25) is 9.59 Å². The van der Waals surface area contributed by atoms with E-state index in [9.17, 15) is 9.59 Å². The quantitative estimate of drug-likeness (QED) is 0.505. The van der Waals surface area contributed by atoms with Crippen LogP contribution in [0.4, 0.5) is 0 Å². The van der Waals surface area contributed by atoms with Crippen LogP contribution in [0, 0.1) is 0 Å². The number of methoxy groups -OCH3 is 1. The van der Waals surface area contributed by atoms with Crippen LogP contribution in [-0.2, 0) is 9.59 Å². The Balaban J connectivity index is 1.70. The molecule has 4 rings (SSSR count). The van der Waals surface area contributed by atoms with Crippen LogP contribution in [0.1, 0.15) is 102 Å². The standard InChI is InChI=1S/C28H42N2O4/c1-3-34-24-18-17-21(19-25(24)33-2)27-28(32)29(22-13-9-7-8-10-14-22)20-26(31)30(27)23-15-11-5-4-6-12-16-23/h17-19,22-23,27H,3-16,20H2,1-2H3/t27-/m0/s1. The predicted octanol–water partition coefficient (Wildman–Crippen LogP) is 5.64. The summed E-state index contributed by atoms with van der Waals surface area (Å²) in [6.45, 7) is 2.71. The second kappa shape index (κ2) is 11.9. The molecule has 1 heterocycles. The summed E-state index contributed by atoms with van der Waals surface area (Å²) in [7, 11) is 1.62. The maximum Gasteiger partial charge on any atom is 0.250 e. The van der Waals surface area contributed by atoms with Crippen LogP contribution in [0.25, 0.3) is 0 Å². The van der Waals surface area contributed by atoms with E-state index in [-0.39, 0.29) is 30.4 Å². The SMILES string of the molecule is CCOc1ccc([C@H]2C(=O)N(C3CCCCCC3)CC(=O)N2C2CCCCCCC2)cc1OC. The fourth-order valence-corrected chi connectivity index (χ4v) is 6.16. The zero-order valence-electron chi connectivity index (χ0n) is 21.1. The van der Waals surface area contributed by atoms with Crippen LogP contribution in [0.3, 0.4) is 0 Å². The second-order valence-corrected chi connectivity index (χ2v) is 10.2. The lowest BCUT2D eigenvalue weighted by atomic mass is 9.90. The van der Waals surface area contributed by atoms with Gasteiger partial charge in [0.2, 0.25) is 5.91 Å². The van der Waals surface area contributed by atoms with Crippen molar-refractivity contribution < 1.29 is 19.1 Å². The van der Waals surface area contributed by atoms with Gasteiger partial charge in [0.1, 0.15) is 12.6 Å². The fraction of sp³-hybridized carbons (Fsp3) is 0.714. The van der Waals surface area contributed by atoms with Crippen LogP contribution < -0.4 is 9.47 Å². The number of ether oxygens (including phenoxy) is 2. The van der Waals surface area contributed by atoms with Gasteiger partial charge in [-0.1, -0.05) is 63.9 Å².